The zero-order valence-electron chi connectivity index (χ0n) is 13.2. The molecule has 2 nitrogen and oxygen atoms in total. The summed E-state index contributed by atoms with van der Waals surface area (Å²) in [5.74, 6) is 0. The van der Waals surface area contributed by atoms with Crippen LogP contribution in [0.2, 0.25) is 0 Å². The summed E-state index contributed by atoms with van der Waals surface area (Å²) >= 11 is 0. The highest BCUT2D eigenvalue weighted by molar-refractivity contribution is 5.29. The lowest BCUT2D eigenvalue weighted by molar-refractivity contribution is 0.207. The molecule has 0 saturated carbocycles. The van der Waals surface area contributed by atoms with Crippen molar-refractivity contribution in [1.29, 1.82) is 0 Å². The van der Waals surface area contributed by atoms with Crippen molar-refractivity contribution in [2.24, 2.45) is 0 Å². The van der Waals surface area contributed by atoms with Crippen LogP contribution in [0.4, 0.5) is 0 Å². The Hall–Kier alpha value is -0.860. The minimum absolute atomic E-state index is 0.434. The first-order chi connectivity index (χ1) is 9.10. The Morgan fingerprint density at radius 2 is 1.84 bits per heavy atom. The second kappa shape index (κ2) is 8.34. The van der Waals surface area contributed by atoms with Crippen LogP contribution in [0.5, 0.6) is 0 Å². The highest BCUT2D eigenvalue weighted by atomic mass is 15.2. The van der Waals surface area contributed by atoms with Gasteiger partial charge in [-0.25, -0.2) is 0 Å². The number of benzene rings is 1. The van der Waals surface area contributed by atoms with E-state index in [-0.39, 0.29) is 0 Å². The van der Waals surface area contributed by atoms with E-state index < -0.39 is 0 Å². The molecule has 0 saturated heterocycles. The van der Waals surface area contributed by atoms with Gasteiger partial charge in [0.25, 0.3) is 0 Å². The van der Waals surface area contributed by atoms with Crippen LogP contribution < -0.4 is 5.32 Å². The van der Waals surface area contributed by atoms with E-state index in [0.717, 1.165) is 19.6 Å². The topological polar surface area (TPSA) is 15.3 Å². The van der Waals surface area contributed by atoms with Crippen molar-refractivity contribution in [3.63, 3.8) is 0 Å². The molecule has 108 valence electrons. The van der Waals surface area contributed by atoms with Crippen molar-refractivity contribution < 1.29 is 0 Å². The van der Waals surface area contributed by atoms with Crippen LogP contribution in [0.1, 0.15) is 51.3 Å². The molecule has 0 radical (unpaired) electrons. The Morgan fingerprint density at radius 1 is 1.16 bits per heavy atom. The molecular formula is C17H30N2. The number of nitrogens with one attached hydrogen (secondary N) is 1. The smallest absolute Gasteiger partial charge is 0.0452 e. The SMILES string of the molecule is CCCNC(CN(CC)C(C)C)c1ccccc1C. The molecule has 1 N–H and O–H groups in total. The minimum atomic E-state index is 0.434. The van der Waals surface area contributed by atoms with E-state index in [1.807, 2.05) is 0 Å². The number of hydrogen-bond donors (Lipinski definition) is 1. The molecule has 0 aliphatic heterocycles. The third-order valence-electron chi connectivity index (χ3n) is 3.76. The van der Waals surface area contributed by atoms with Gasteiger partial charge in [0.2, 0.25) is 0 Å². The molecule has 1 atom stereocenters. The standard InChI is InChI=1S/C17H30N2/c1-6-12-18-17(13-19(7-2)14(3)4)16-11-9-8-10-15(16)5/h8-11,14,17-18H,6-7,12-13H2,1-5H3. The Labute approximate surface area is 119 Å². The van der Waals surface area contributed by atoms with E-state index in [9.17, 15) is 0 Å². The van der Waals surface area contributed by atoms with Gasteiger partial charge < -0.3 is 5.32 Å². The van der Waals surface area contributed by atoms with Crippen LogP contribution in [0, 0.1) is 6.92 Å². The summed E-state index contributed by atoms with van der Waals surface area (Å²) in [5.41, 5.74) is 2.82. The van der Waals surface area contributed by atoms with Gasteiger partial charge in [-0.15, -0.1) is 0 Å². The van der Waals surface area contributed by atoms with Gasteiger partial charge in [0.05, 0.1) is 0 Å². The van der Waals surface area contributed by atoms with Crippen molar-refractivity contribution in [3.05, 3.63) is 35.4 Å². The lowest BCUT2D eigenvalue weighted by Gasteiger charge is -2.31. The number of likely N-dealkylation sites (N-methyl/N-ethyl adjacent to an activating group) is 1. The maximum atomic E-state index is 3.70. The average Bonchev–Trinajstić information content (AvgIpc) is 2.40. The predicted molar refractivity (Wildman–Crippen MR) is 84.6 cm³/mol. The number of rotatable bonds is 8. The van der Waals surface area contributed by atoms with Gasteiger partial charge >= 0.3 is 0 Å². The van der Waals surface area contributed by atoms with Crippen molar-refractivity contribution >= 4 is 0 Å². The Bertz CT molecular complexity index is 360. The predicted octanol–water partition coefficient (Wildman–Crippen LogP) is 3.77. The quantitative estimate of drug-likeness (QED) is 0.767. The largest absolute Gasteiger partial charge is 0.309 e. The first-order valence-corrected chi connectivity index (χ1v) is 7.63. The zero-order valence-corrected chi connectivity index (χ0v) is 13.2. The fourth-order valence-electron chi connectivity index (χ4n) is 2.51. The fourth-order valence-corrected chi connectivity index (χ4v) is 2.51. The number of hydrogen-bond acceptors (Lipinski definition) is 2. The minimum Gasteiger partial charge on any atom is -0.309 e. The molecule has 0 amide bonds. The molecule has 0 aliphatic carbocycles. The van der Waals surface area contributed by atoms with Crippen molar-refractivity contribution in [3.8, 4) is 0 Å². The molecular weight excluding hydrogens is 232 g/mol. The summed E-state index contributed by atoms with van der Waals surface area (Å²) in [7, 11) is 0. The van der Waals surface area contributed by atoms with Gasteiger partial charge in [-0.2, -0.15) is 0 Å². The van der Waals surface area contributed by atoms with Gasteiger partial charge in [-0.05, 0) is 51.4 Å². The molecule has 0 bridgehead atoms. The van der Waals surface area contributed by atoms with E-state index in [0.29, 0.717) is 12.1 Å². The van der Waals surface area contributed by atoms with Gasteiger partial charge in [0, 0.05) is 18.6 Å². The summed E-state index contributed by atoms with van der Waals surface area (Å²) in [5, 5.41) is 3.70. The molecule has 19 heavy (non-hydrogen) atoms. The van der Waals surface area contributed by atoms with Crippen LogP contribution in [0.15, 0.2) is 24.3 Å². The van der Waals surface area contributed by atoms with E-state index in [1.165, 1.54) is 17.5 Å². The summed E-state index contributed by atoms with van der Waals surface area (Å²) in [4.78, 5) is 2.53. The van der Waals surface area contributed by atoms with Crippen LogP contribution in [0.3, 0.4) is 0 Å². The summed E-state index contributed by atoms with van der Waals surface area (Å²) in [6.45, 7) is 14.5. The van der Waals surface area contributed by atoms with Gasteiger partial charge in [0.1, 0.15) is 0 Å². The third-order valence-corrected chi connectivity index (χ3v) is 3.76. The Kier molecular flexibility index (Phi) is 7.11. The molecule has 0 heterocycles. The summed E-state index contributed by atoms with van der Waals surface area (Å²) in [6, 6.07) is 9.77. The molecule has 1 unspecified atom stereocenters. The Morgan fingerprint density at radius 3 is 2.37 bits per heavy atom. The molecule has 1 aromatic rings. The second-order valence-corrected chi connectivity index (χ2v) is 5.54. The van der Waals surface area contributed by atoms with Crippen LogP contribution in [0.25, 0.3) is 0 Å². The first-order valence-electron chi connectivity index (χ1n) is 7.63. The highest BCUT2D eigenvalue weighted by Gasteiger charge is 2.17. The zero-order chi connectivity index (χ0) is 14.3. The average molecular weight is 262 g/mol. The molecule has 1 rings (SSSR count). The normalized spacial score (nSPS) is 13.2. The lowest BCUT2D eigenvalue weighted by atomic mass is 10.00. The maximum Gasteiger partial charge on any atom is 0.0452 e. The highest BCUT2D eigenvalue weighted by Crippen LogP contribution is 2.19. The van der Waals surface area contributed by atoms with Crippen LogP contribution in [-0.2, 0) is 0 Å². The molecule has 0 fully saturated rings. The van der Waals surface area contributed by atoms with E-state index in [4.69, 9.17) is 0 Å². The molecule has 2 heteroatoms. The Balaban J connectivity index is 2.85. The van der Waals surface area contributed by atoms with Crippen LogP contribution in [-0.4, -0.2) is 30.6 Å². The van der Waals surface area contributed by atoms with Gasteiger partial charge in [-0.1, -0.05) is 38.1 Å². The molecule has 0 aromatic heterocycles. The second-order valence-electron chi connectivity index (χ2n) is 5.54. The van der Waals surface area contributed by atoms with Gasteiger partial charge in [-0.3, -0.25) is 4.90 Å². The monoisotopic (exact) mass is 262 g/mol. The molecule has 0 aliphatic rings. The van der Waals surface area contributed by atoms with Gasteiger partial charge in [0.15, 0.2) is 0 Å². The number of nitrogens with zero attached hydrogens (tertiary/aromatic N) is 1. The molecule has 1 aromatic carbocycles. The van der Waals surface area contributed by atoms with E-state index >= 15 is 0 Å². The van der Waals surface area contributed by atoms with Crippen LogP contribution >= 0.6 is 0 Å². The maximum absolute atomic E-state index is 3.70. The molecule has 0 spiro atoms. The van der Waals surface area contributed by atoms with Crippen molar-refractivity contribution in [1.82, 2.24) is 10.2 Å². The van der Waals surface area contributed by atoms with Crippen molar-refractivity contribution in [2.45, 2.75) is 53.1 Å². The van der Waals surface area contributed by atoms with Crippen molar-refractivity contribution in [2.75, 3.05) is 19.6 Å². The summed E-state index contributed by atoms with van der Waals surface area (Å²) < 4.78 is 0. The first kappa shape index (κ1) is 16.2. The number of aryl methyl sites for hydroxylation is 1. The van der Waals surface area contributed by atoms with E-state index in [2.05, 4.69) is 69.1 Å². The van der Waals surface area contributed by atoms with E-state index in [1.54, 1.807) is 0 Å². The lowest BCUT2D eigenvalue weighted by Crippen LogP contribution is -2.39. The third kappa shape index (κ3) is 4.96. The fraction of sp³-hybridized carbons (Fsp3) is 0.647. The summed E-state index contributed by atoms with van der Waals surface area (Å²) in [6.07, 6.45) is 1.18.